The highest BCUT2D eigenvalue weighted by Crippen LogP contribution is 2.31. The number of aromatic nitrogens is 12. The number of rotatable bonds is 9. The fraction of sp³-hybridized carbons (Fsp3) is 0.245. The lowest BCUT2D eigenvalue weighted by atomic mass is 10.0. The number of hydrogen-bond acceptors (Lipinski definition) is 11. The number of ether oxygens (including phenoxy) is 1. The van der Waals surface area contributed by atoms with Crippen LogP contribution in [0.1, 0.15) is 20.8 Å². The number of pyridine rings is 4. The second-order valence-corrected chi connectivity index (χ2v) is 17.3. The second kappa shape index (κ2) is 18.7. The van der Waals surface area contributed by atoms with Gasteiger partial charge in [0.25, 0.3) is 0 Å². The van der Waals surface area contributed by atoms with Crippen molar-refractivity contribution in [2.75, 3.05) is 13.1 Å². The number of alkyl carbamates (subject to hydrolysis) is 1. The minimum atomic E-state index is -0.594. The number of benzene rings is 2. The zero-order valence-corrected chi connectivity index (χ0v) is 39.5. The van der Waals surface area contributed by atoms with Crippen molar-refractivity contribution in [1.82, 2.24) is 63.1 Å². The van der Waals surface area contributed by atoms with Crippen LogP contribution in [0.5, 0.6) is 0 Å². The van der Waals surface area contributed by atoms with E-state index in [-0.39, 0.29) is 30.3 Å². The summed E-state index contributed by atoms with van der Waals surface area (Å²) in [6, 6.07) is 20.1. The average molecular weight is 935 g/mol. The average Bonchev–Trinajstić information content (AvgIpc) is 4.08. The van der Waals surface area contributed by atoms with Gasteiger partial charge in [0.1, 0.15) is 5.60 Å². The molecule has 8 heterocycles. The van der Waals surface area contributed by atoms with Gasteiger partial charge in [0.15, 0.2) is 0 Å². The van der Waals surface area contributed by atoms with Crippen LogP contribution in [0, 0.1) is 0 Å². The normalized spacial score (nSPS) is 11.5. The van der Waals surface area contributed by atoms with E-state index in [0.29, 0.717) is 19.6 Å². The fourth-order valence-corrected chi connectivity index (χ4v) is 8.22. The van der Waals surface area contributed by atoms with E-state index in [0.717, 1.165) is 88.6 Å². The van der Waals surface area contributed by atoms with E-state index >= 15 is 0 Å². The topological polar surface area (TPSA) is 205 Å². The van der Waals surface area contributed by atoms with Crippen molar-refractivity contribution < 1.29 is 9.53 Å². The van der Waals surface area contributed by atoms with Crippen molar-refractivity contribution in [3.8, 4) is 44.8 Å². The number of halogens is 1. The molecule has 0 saturated carbocycles. The van der Waals surface area contributed by atoms with Gasteiger partial charge in [-0.15, -0.1) is 12.4 Å². The van der Waals surface area contributed by atoms with E-state index in [1.165, 1.54) is 0 Å². The Morgan fingerprint density at radius 3 is 1.46 bits per heavy atom. The van der Waals surface area contributed by atoms with Crippen molar-refractivity contribution in [3.05, 3.63) is 131 Å². The predicted molar refractivity (Wildman–Crippen MR) is 266 cm³/mol. The molecular weight excluding hydrogens is 884 g/mol. The van der Waals surface area contributed by atoms with Crippen LogP contribution in [0.25, 0.3) is 88.6 Å². The number of nitrogens with one attached hydrogen (secondary N) is 1. The molecule has 0 fully saturated rings. The van der Waals surface area contributed by atoms with Crippen molar-refractivity contribution >= 4 is 62.4 Å². The molecule has 18 nitrogen and oxygen atoms in total. The summed E-state index contributed by atoms with van der Waals surface area (Å²) < 4.78 is 15.4. The molecule has 0 aliphatic rings. The molecule has 2 aromatic carbocycles. The van der Waals surface area contributed by atoms with Gasteiger partial charge >= 0.3 is 17.5 Å². The number of carbonyl (C=O) groups excluding carboxylic acids is 1. The van der Waals surface area contributed by atoms with E-state index in [1.54, 1.807) is 87.3 Å². The minimum absolute atomic E-state index is 0. The van der Waals surface area contributed by atoms with Crippen LogP contribution in [0.15, 0.2) is 120 Å². The van der Waals surface area contributed by atoms with Crippen molar-refractivity contribution in [3.63, 3.8) is 0 Å². The number of nitrogens with zero attached hydrogens (tertiary/aromatic N) is 12. The van der Waals surface area contributed by atoms with Gasteiger partial charge in [-0.25, -0.2) is 14.4 Å². The van der Waals surface area contributed by atoms with Gasteiger partial charge in [0.05, 0.1) is 69.3 Å². The Bertz CT molecular complexity index is 3590. The van der Waals surface area contributed by atoms with Crippen molar-refractivity contribution in [2.45, 2.75) is 39.5 Å². The maximum Gasteiger partial charge on any atom is 0.407 e. The largest absolute Gasteiger partial charge is 0.444 e. The summed E-state index contributed by atoms with van der Waals surface area (Å²) >= 11 is 0. The smallest absolute Gasteiger partial charge is 0.407 e. The maximum atomic E-state index is 13.1. The monoisotopic (exact) mass is 934 g/mol. The van der Waals surface area contributed by atoms with E-state index in [2.05, 4.69) is 41.5 Å². The quantitative estimate of drug-likeness (QED) is 0.158. The standard InChI is InChI=1S/C27H29N7O3.C22H21N7O.ClH/c1-27(2,3)37-25(35)28-10-11-34-24-20-12-17(6-9-22(20)30-15-23(24)33(5)26(34)36)18-7-8-21(29-13-18)19-14-31-32(4)16-19;1-27-13-16(11-26-27)18-5-4-15(10-24-18)14-3-6-19-17(9-14)21-20(12-25-19)28(2)22(30)29(21)8-7-23;/h6-9,12-16H,10-11H2,1-5H3,(H,28,35);3-6,9-13H,7-8,23H2,1-2H3;1H. The molecule has 0 aliphatic heterocycles. The first-order valence-electron chi connectivity index (χ1n) is 21.7. The molecule has 68 heavy (non-hydrogen) atoms. The van der Waals surface area contributed by atoms with Crippen LogP contribution in [0.3, 0.4) is 0 Å². The Balaban J connectivity index is 0.000000185. The van der Waals surface area contributed by atoms with E-state index in [1.807, 2.05) is 93.5 Å². The first-order valence-corrected chi connectivity index (χ1v) is 21.7. The molecule has 19 heteroatoms. The van der Waals surface area contributed by atoms with Gasteiger partial charge in [0.2, 0.25) is 0 Å². The Morgan fingerprint density at radius 2 is 1.06 bits per heavy atom. The van der Waals surface area contributed by atoms with Crippen LogP contribution in [0.4, 0.5) is 4.79 Å². The molecule has 10 rings (SSSR count). The maximum absolute atomic E-state index is 13.1. The lowest BCUT2D eigenvalue weighted by Gasteiger charge is -2.19. The minimum Gasteiger partial charge on any atom is -0.444 e. The summed E-state index contributed by atoms with van der Waals surface area (Å²) in [5, 5.41) is 12.9. The number of nitrogens with two attached hydrogens (primary N) is 1. The SMILES string of the molecule is Cl.Cn1cc(-c2ccc(-c3ccc4ncc5c(c4c3)n(CCN)c(=O)n5C)cn2)cn1.Cn1cc(-c2ccc(-c3ccc4ncc5c(c4c3)n(CCNC(=O)OC(C)(C)C)c(=O)n5C)cn2)cn1. The molecule has 10 aromatic rings. The third-order valence-corrected chi connectivity index (χ3v) is 11.5. The number of carbonyl (C=O) groups is 1. The fourth-order valence-electron chi connectivity index (χ4n) is 8.22. The van der Waals surface area contributed by atoms with Crippen molar-refractivity contribution in [2.24, 2.45) is 33.9 Å². The van der Waals surface area contributed by atoms with Gasteiger partial charge in [-0.2, -0.15) is 10.2 Å². The second-order valence-electron chi connectivity index (χ2n) is 17.3. The number of amides is 1. The summed E-state index contributed by atoms with van der Waals surface area (Å²) in [4.78, 5) is 56.2. The van der Waals surface area contributed by atoms with Crippen LogP contribution >= 0.6 is 12.4 Å². The number of hydrogen-bond donors (Lipinski definition) is 2. The summed E-state index contributed by atoms with van der Waals surface area (Å²) in [5.74, 6) is 0. The van der Waals surface area contributed by atoms with Crippen LogP contribution in [-0.2, 0) is 46.0 Å². The zero-order chi connectivity index (χ0) is 47.1. The Kier molecular flexibility index (Phi) is 12.8. The van der Waals surface area contributed by atoms with Gasteiger partial charge in [-0.1, -0.05) is 24.3 Å². The Hall–Kier alpha value is -7.96. The summed E-state index contributed by atoms with van der Waals surface area (Å²) in [6.07, 6.45) is 14.1. The molecule has 0 saturated heterocycles. The van der Waals surface area contributed by atoms with Crippen LogP contribution in [0.2, 0.25) is 0 Å². The molecule has 348 valence electrons. The first kappa shape index (κ1) is 46.6. The summed E-state index contributed by atoms with van der Waals surface area (Å²) in [5.41, 5.74) is 17.2. The lowest BCUT2D eigenvalue weighted by molar-refractivity contribution is 0.0526. The van der Waals surface area contributed by atoms with Gasteiger partial charge in [-0.05, 0) is 68.3 Å². The van der Waals surface area contributed by atoms with Crippen LogP contribution in [-0.4, -0.2) is 82.5 Å². The predicted octanol–water partition coefficient (Wildman–Crippen LogP) is 6.61. The zero-order valence-electron chi connectivity index (χ0n) is 38.7. The molecule has 0 spiro atoms. The molecular formula is C49H51ClN14O4. The Labute approximate surface area is 396 Å². The third-order valence-electron chi connectivity index (χ3n) is 11.5. The number of aryl methyl sites for hydroxylation is 4. The molecule has 1 amide bonds. The Morgan fingerprint density at radius 1 is 0.603 bits per heavy atom. The van der Waals surface area contributed by atoms with E-state index in [4.69, 9.17) is 10.5 Å². The molecule has 0 radical (unpaired) electrons. The molecule has 0 aliphatic carbocycles. The summed E-state index contributed by atoms with van der Waals surface area (Å²) in [6.45, 7) is 6.81. The molecule has 0 atom stereocenters. The molecule has 0 bridgehead atoms. The molecule has 0 unspecified atom stereocenters. The number of imidazole rings is 2. The highest BCUT2D eigenvalue weighted by molar-refractivity contribution is 6.05. The van der Waals surface area contributed by atoms with Gasteiger partial charge < -0.3 is 15.8 Å². The highest BCUT2D eigenvalue weighted by atomic mass is 35.5. The van der Waals surface area contributed by atoms with E-state index < -0.39 is 11.7 Å². The molecule has 8 aromatic heterocycles. The van der Waals surface area contributed by atoms with E-state index in [9.17, 15) is 14.4 Å². The van der Waals surface area contributed by atoms with Crippen LogP contribution < -0.4 is 22.4 Å². The summed E-state index contributed by atoms with van der Waals surface area (Å²) in [7, 11) is 7.24. The lowest BCUT2D eigenvalue weighted by Crippen LogP contribution is -2.35. The third kappa shape index (κ3) is 9.10. The number of fused-ring (bicyclic) bond motifs is 6. The van der Waals surface area contributed by atoms with Gasteiger partial charge in [-0.3, -0.25) is 47.6 Å². The molecule has 3 N–H and O–H groups in total. The van der Waals surface area contributed by atoms with Gasteiger partial charge in [0, 0.05) is 112 Å². The highest BCUT2D eigenvalue weighted by Gasteiger charge is 2.19. The van der Waals surface area contributed by atoms with Crippen molar-refractivity contribution in [1.29, 1.82) is 0 Å². The first-order chi connectivity index (χ1) is 32.2.